The molecule has 0 bridgehead atoms. The molecule has 2 heterocycles. The zero-order valence-corrected chi connectivity index (χ0v) is 36.0. The van der Waals surface area contributed by atoms with Crippen LogP contribution in [-0.4, -0.2) is 82.7 Å². The number of pyridine rings is 2. The largest absolute Gasteiger partial charge is 0.487 e. The number of halogens is 1. The van der Waals surface area contributed by atoms with E-state index in [2.05, 4.69) is 39.3 Å². The number of nitrogens with zero attached hydrogens (tertiary/aromatic N) is 4. The first-order valence-corrected chi connectivity index (χ1v) is 20.7. The van der Waals surface area contributed by atoms with Gasteiger partial charge in [-0.3, -0.25) is 29.1 Å². The third kappa shape index (κ3) is 14.0. The summed E-state index contributed by atoms with van der Waals surface area (Å²) in [5.41, 5.74) is 3.64. The first kappa shape index (κ1) is 46.4. The molecule has 0 unspecified atom stereocenters. The molecule has 324 valence electrons. The van der Waals surface area contributed by atoms with Crippen molar-refractivity contribution in [1.29, 1.82) is 0 Å². The highest BCUT2D eigenvalue weighted by molar-refractivity contribution is 6.29. The number of likely N-dealkylation sites (N-methyl/N-ethyl adjacent to an activating group) is 1. The number of anilines is 2. The van der Waals surface area contributed by atoms with Crippen molar-refractivity contribution in [1.82, 2.24) is 19.8 Å². The van der Waals surface area contributed by atoms with Crippen LogP contribution in [-0.2, 0) is 38.8 Å². The normalized spacial score (nSPS) is 10.9. The maximum Gasteiger partial charge on any atom is 0.339 e. The number of hydrogen-bond donors (Lipinski definition) is 2. The van der Waals surface area contributed by atoms with E-state index < -0.39 is 23.8 Å². The monoisotopic (exact) mass is 862 g/mol. The molecule has 2 aromatic heterocycles. The Morgan fingerprint density at radius 1 is 0.758 bits per heavy atom. The van der Waals surface area contributed by atoms with Gasteiger partial charge in [-0.1, -0.05) is 67.9 Å². The Hall–Kier alpha value is -6.64. The lowest BCUT2D eigenvalue weighted by Gasteiger charge is -2.32. The van der Waals surface area contributed by atoms with Crippen molar-refractivity contribution >= 4 is 52.6 Å². The van der Waals surface area contributed by atoms with Gasteiger partial charge in [-0.15, -0.1) is 0 Å². The minimum atomic E-state index is -0.590. The highest BCUT2D eigenvalue weighted by atomic mass is 35.5. The standard InChI is InChI=1S/C47H51ClN6O8/c1-5-38(6-2)54(26-25-53(3)42(55)23-24-43(56)62-30-32-11-8-7-9-12-32)29-33-13-10-14-34(27-33)45(57)51-40-21-22-41(48)52-44(40)46(58)50-36-17-19-39(20-18-36)61-31-37-16-15-35(28-49-37)47(59)60-4/h7-22,27-28,38H,5-6,23-26,29-31H2,1-4H3,(H,50,58)(H,51,57). The second-order valence-corrected chi connectivity index (χ2v) is 14.8. The van der Waals surface area contributed by atoms with Crippen molar-refractivity contribution in [2.75, 3.05) is 37.9 Å². The zero-order chi connectivity index (χ0) is 44.4. The number of benzene rings is 3. The smallest absolute Gasteiger partial charge is 0.339 e. The Kier molecular flexibility index (Phi) is 17.5. The minimum absolute atomic E-state index is 0.00198. The summed E-state index contributed by atoms with van der Waals surface area (Å²) in [6, 6.07) is 29.8. The molecule has 0 saturated heterocycles. The van der Waals surface area contributed by atoms with E-state index in [-0.39, 0.29) is 54.5 Å². The Balaban J connectivity index is 1.15. The van der Waals surface area contributed by atoms with Gasteiger partial charge in [-0.2, -0.15) is 0 Å². The quantitative estimate of drug-likeness (QED) is 0.0542. The van der Waals surface area contributed by atoms with Gasteiger partial charge in [-0.05, 0) is 84.6 Å². The summed E-state index contributed by atoms with van der Waals surface area (Å²) in [7, 11) is 3.03. The maximum atomic E-state index is 13.7. The summed E-state index contributed by atoms with van der Waals surface area (Å²) in [5.74, 6) is -1.55. The van der Waals surface area contributed by atoms with E-state index in [1.807, 2.05) is 36.4 Å². The molecule has 0 aliphatic heterocycles. The number of esters is 2. The van der Waals surface area contributed by atoms with E-state index in [0.717, 1.165) is 24.0 Å². The van der Waals surface area contributed by atoms with Crippen LogP contribution in [0.2, 0.25) is 5.15 Å². The molecule has 0 radical (unpaired) electrons. The van der Waals surface area contributed by atoms with Crippen LogP contribution in [0.15, 0.2) is 109 Å². The number of hydrogen-bond acceptors (Lipinski definition) is 11. The van der Waals surface area contributed by atoms with Crippen LogP contribution in [0.4, 0.5) is 11.4 Å². The number of aromatic nitrogens is 2. The summed E-state index contributed by atoms with van der Waals surface area (Å²) < 4.78 is 15.8. The summed E-state index contributed by atoms with van der Waals surface area (Å²) in [4.78, 5) is 76.4. The average molecular weight is 863 g/mol. The molecule has 2 N–H and O–H groups in total. The zero-order valence-electron chi connectivity index (χ0n) is 35.3. The predicted molar refractivity (Wildman–Crippen MR) is 236 cm³/mol. The Bertz CT molecular complexity index is 2290. The number of carbonyl (C=O) groups is 5. The fourth-order valence-corrected chi connectivity index (χ4v) is 6.64. The summed E-state index contributed by atoms with van der Waals surface area (Å²) >= 11 is 6.20. The Labute approximate surface area is 366 Å². The molecule has 15 heteroatoms. The molecule has 0 spiro atoms. The molecule has 0 aliphatic rings. The first-order valence-electron chi connectivity index (χ1n) is 20.3. The van der Waals surface area contributed by atoms with Crippen LogP contribution < -0.4 is 15.4 Å². The number of methoxy groups -OCH3 is 1. The molecule has 3 aromatic carbocycles. The van der Waals surface area contributed by atoms with Gasteiger partial charge in [0.15, 0.2) is 5.69 Å². The van der Waals surface area contributed by atoms with Gasteiger partial charge in [0.1, 0.15) is 24.1 Å². The first-order chi connectivity index (χ1) is 30.0. The van der Waals surface area contributed by atoms with Crippen molar-refractivity contribution in [3.05, 3.63) is 148 Å². The highest BCUT2D eigenvalue weighted by Gasteiger charge is 2.21. The van der Waals surface area contributed by atoms with E-state index in [1.165, 1.54) is 25.4 Å². The van der Waals surface area contributed by atoms with Gasteiger partial charge >= 0.3 is 11.9 Å². The number of nitrogens with one attached hydrogen (secondary N) is 2. The molecular formula is C47H51ClN6O8. The lowest BCUT2D eigenvalue weighted by molar-refractivity contribution is -0.147. The maximum absolute atomic E-state index is 13.7. The van der Waals surface area contributed by atoms with Gasteiger partial charge < -0.3 is 29.7 Å². The molecule has 62 heavy (non-hydrogen) atoms. The summed E-state index contributed by atoms with van der Waals surface area (Å²) in [5, 5.41) is 5.69. The number of carbonyl (C=O) groups excluding carboxylic acids is 5. The molecule has 0 atom stereocenters. The van der Waals surface area contributed by atoms with Crippen LogP contribution in [0, 0.1) is 0 Å². The molecule has 0 saturated carbocycles. The molecule has 3 amide bonds. The van der Waals surface area contributed by atoms with Gasteiger partial charge in [0, 0.05) is 56.6 Å². The Morgan fingerprint density at radius 2 is 1.50 bits per heavy atom. The fraction of sp³-hybridized carbons (Fsp3) is 0.298. The third-order valence-corrected chi connectivity index (χ3v) is 10.2. The molecule has 5 rings (SSSR count). The van der Waals surface area contributed by atoms with Gasteiger partial charge in [-0.25, -0.2) is 9.78 Å². The van der Waals surface area contributed by atoms with Crippen LogP contribution in [0.5, 0.6) is 5.75 Å². The average Bonchev–Trinajstić information content (AvgIpc) is 3.30. The van der Waals surface area contributed by atoms with Gasteiger partial charge in [0.2, 0.25) is 5.91 Å². The van der Waals surface area contributed by atoms with Crippen LogP contribution in [0.3, 0.4) is 0 Å². The molecular weight excluding hydrogens is 812 g/mol. The summed E-state index contributed by atoms with van der Waals surface area (Å²) in [6.07, 6.45) is 3.25. The summed E-state index contributed by atoms with van der Waals surface area (Å²) in [6.45, 7) is 6.13. The van der Waals surface area contributed by atoms with Gasteiger partial charge in [0.25, 0.3) is 11.8 Å². The topological polar surface area (TPSA) is 169 Å². The lowest BCUT2D eigenvalue weighted by Crippen LogP contribution is -2.41. The fourth-order valence-electron chi connectivity index (χ4n) is 6.49. The highest BCUT2D eigenvalue weighted by Crippen LogP contribution is 2.23. The van der Waals surface area contributed by atoms with E-state index in [0.29, 0.717) is 47.9 Å². The number of rotatable bonds is 21. The molecule has 5 aromatic rings. The Morgan fingerprint density at radius 3 is 2.19 bits per heavy atom. The van der Waals surface area contributed by atoms with Crippen molar-refractivity contribution in [2.24, 2.45) is 0 Å². The van der Waals surface area contributed by atoms with Crippen molar-refractivity contribution in [2.45, 2.75) is 65.3 Å². The van der Waals surface area contributed by atoms with E-state index in [4.69, 9.17) is 25.8 Å². The van der Waals surface area contributed by atoms with Crippen molar-refractivity contribution < 1.29 is 38.2 Å². The second-order valence-electron chi connectivity index (χ2n) is 14.4. The van der Waals surface area contributed by atoms with Crippen LogP contribution >= 0.6 is 11.6 Å². The molecule has 0 fully saturated rings. The van der Waals surface area contributed by atoms with Crippen molar-refractivity contribution in [3.8, 4) is 5.75 Å². The number of amides is 3. The SMILES string of the molecule is CCC(CC)N(CCN(C)C(=O)CCC(=O)OCc1ccccc1)Cc1cccc(C(=O)Nc2ccc(Cl)nc2C(=O)Nc2ccc(OCc3ccc(C(=O)OC)cn3)cc2)c1. The molecule has 0 aliphatic carbocycles. The van der Waals surface area contributed by atoms with E-state index >= 15 is 0 Å². The van der Waals surface area contributed by atoms with Gasteiger partial charge in [0.05, 0.1) is 30.5 Å². The lowest BCUT2D eigenvalue weighted by atomic mass is 10.1. The van der Waals surface area contributed by atoms with Crippen LogP contribution in [0.25, 0.3) is 0 Å². The van der Waals surface area contributed by atoms with Crippen molar-refractivity contribution in [3.63, 3.8) is 0 Å². The third-order valence-electron chi connectivity index (χ3n) is 10.0. The van der Waals surface area contributed by atoms with Crippen LogP contribution in [0.1, 0.15) is 87.6 Å². The van der Waals surface area contributed by atoms with E-state index in [9.17, 15) is 24.0 Å². The molecule has 14 nitrogen and oxygen atoms in total. The number of ether oxygens (including phenoxy) is 3. The second kappa shape index (κ2) is 23.4. The minimum Gasteiger partial charge on any atom is -0.487 e. The predicted octanol–water partition coefficient (Wildman–Crippen LogP) is 7.97. The van der Waals surface area contributed by atoms with E-state index in [1.54, 1.807) is 66.5 Å².